The second-order valence-electron chi connectivity index (χ2n) is 6.56. The highest BCUT2D eigenvalue weighted by Gasteiger charge is 2.29. The van der Waals surface area contributed by atoms with Gasteiger partial charge in [0.05, 0.1) is 6.54 Å². The molecule has 0 fully saturated rings. The number of carbonyl (C=O) groups is 2. The van der Waals surface area contributed by atoms with Crippen LogP contribution in [0.3, 0.4) is 0 Å². The predicted octanol–water partition coefficient (Wildman–Crippen LogP) is 4.93. The Morgan fingerprint density at radius 1 is 1.04 bits per heavy atom. The number of hydrogen-bond donors (Lipinski definition) is 1. The number of likely N-dealkylation sites (N-methyl/N-ethyl adjacent to an activating group) is 1. The molecule has 2 rings (SSSR count). The topological polar surface area (TPSA) is 49.4 Å². The second kappa shape index (κ2) is 8.68. The first-order chi connectivity index (χ1) is 13.0. The van der Waals surface area contributed by atoms with Crippen molar-refractivity contribution in [3.05, 3.63) is 58.7 Å². The number of amides is 2. The molecule has 0 aliphatic heterocycles. The van der Waals surface area contributed by atoms with Gasteiger partial charge in [-0.2, -0.15) is 13.2 Å². The van der Waals surface area contributed by atoms with E-state index < -0.39 is 11.4 Å². The van der Waals surface area contributed by atoms with Crippen molar-refractivity contribution in [1.29, 1.82) is 0 Å². The zero-order valence-corrected chi connectivity index (χ0v) is 16.8. The standard InChI is InChI=1S/C20H21F3N2O2S/c1-12-9-13(2)18(14(3)10-12)24-17(26)11-25(4)19(27)15-5-7-16(8-6-15)28-20(21,22)23/h5-10H,11H2,1-4H3,(H,24,26). The maximum Gasteiger partial charge on any atom is 0.446 e. The average molecular weight is 410 g/mol. The molecule has 0 bridgehead atoms. The number of carbonyl (C=O) groups excluding carboxylic acids is 2. The molecule has 8 heteroatoms. The highest BCUT2D eigenvalue weighted by molar-refractivity contribution is 8.00. The molecule has 2 aromatic carbocycles. The first-order valence-corrected chi connectivity index (χ1v) is 9.27. The Balaban J connectivity index is 2.01. The summed E-state index contributed by atoms with van der Waals surface area (Å²) in [5.41, 5.74) is -0.510. The number of alkyl halides is 3. The maximum absolute atomic E-state index is 12.4. The van der Waals surface area contributed by atoms with E-state index in [0.717, 1.165) is 16.7 Å². The summed E-state index contributed by atoms with van der Waals surface area (Å²) >= 11 is -0.244. The maximum atomic E-state index is 12.4. The van der Waals surface area contributed by atoms with Crippen LogP contribution in [0.1, 0.15) is 27.0 Å². The van der Waals surface area contributed by atoms with Crippen LogP contribution in [0.25, 0.3) is 0 Å². The Labute approximate surface area is 166 Å². The summed E-state index contributed by atoms with van der Waals surface area (Å²) in [5, 5.41) is 2.82. The molecule has 0 saturated carbocycles. The minimum Gasteiger partial charge on any atom is -0.332 e. The van der Waals surface area contributed by atoms with Gasteiger partial charge in [0.15, 0.2) is 0 Å². The Morgan fingerprint density at radius 2 is 1.57 bits per heavy atom. The van der Waals surface area contributed by atoms with Gasteiger partial charge in [0.1, 0.15) is 0 Å². The molecule has 2 aromatic rings. The van der Waals surface area contributed by atoms with Crippen molar-refractivity contribution in [2.75, 3.05) is 18.9 Å². The Bertz CT molecular complexity index is 857. The number of nitrogens with one attached hydrogen (secondary N) is 1. The van der Waals surface area contributed by atoms with Crippen LogP contribution in [0.4, 0.5) is 18.9 Å². The summed E-state index contributed by atoms with van der Waals surface area (Å²) in [6.45, 7) is 5.58. The molecule has 0 heterocycles. The van der Waals surface area contributed by atoms with Gasteiger partial charge >= 0.3 is 5.51 Å². The van der Waals surface area contributed by atoms with Crippen molar-refractivity contribution in [3.8, 4) is 0 Å². The number of hydrogen-bond acceptors (Lipinski definition) is 3. The molecule has 0 radical (unpaired) electrons. The summed E-state index contributed by atoms with van der Waals surface area (Å²) in [6.07, 6.45) is 0. The van der Waals surface area contributed by atoms with Gasteiger partial charge in [-0.1, -0.05) is 17.7 Å². The van der Waals surface area contributed by atoms with E-state index >= 15 is 0 Å². The molecule has 0 atom stereocenters. The fourth-order valence-corrected chi connectivity index (χ4v) is 3.40. The van der Waals surface area contributed by atoms with Crippen LogP contribution in [0.2, 0.25) is 0 Å². The third-order valence-corrected chi connectivity index (χ3v) is 4.74. The highest BCUT2D eigenvalue weighted by Crippen LogP contribution is 2.36. The summed E-state index contributed by atoms with van der Waals surface area (Å²) in [5.74, 6) is -0.800. The molecule has 0 spiro atoms. The second-order valence-corrected chi connectivity index (χ2v) is 7.69. The molecular formula is C20H21F3N2O2S. The van der Waals surface area contributed by atoms with E-state index in [1.807, 2.05) is 32.9 Å². The van der Waals surface area contributed by atoms with E-state index in [1.165, 1.54) is 36.2 Å². The molecule has 1 N–H and O–H groups in total. The van der Waals surface area contributed by atoms with Crippen LogP contribution in [0.5, 0.6) is 0 Å². The largest absolute Gasteiger partial charge is 0.446 e. The Hall–Kier alpha value is -2.48. The lowest BCUT2D eigenvalue weighted by molar-refractivity contribution is -0.116. The third kappa shape index (κ3) is 6.02. The van der Waals surface area contributed by atoms with Crippen molar-refractivity contribution < 1.29 is 22.8 Å². The summed E-state index contributed by atoms with van der Waals surface area (Å²) < 4.78 is 37.1. The summed E-state index contributed by atoms with van der Waals surface area (Å²) in [4.78, 5) is 26.0. The minimum atomic E-state index is -4.38. The lowest BCUT2D eigenvalue weighted by Crippen LogP contribution is -2.35. The van der Waals surface area contributed by atoms with Gasteiger partial charge in [0.25, 0.3) is 5.91 Å². The Kier molecular flexibility index (Phi) is 6.77. The van der Waals surface area contributed by atoms with Crippen molar-refractivity contribution in [2.45, 2.75) is 31.2 Å². The normalized spacial score (nSPS) is 11.2. The summed E-state index contributed by atoms with van der Waals surface area (Å²) in [6, 6.07) is 9.02. The number of anilines is 1. The van der Waals surface area contributed by atoms with Crippen LogP contribution in [0, 0.1) is 20.8 Å². The van der Waals surface area contributed by atoms with Gasteiger partial charge in [0.2, 0.25) is 5.91 Å². The number of thioether (sulfide) groups is 1. The van der Waals surface area contributed by atoms with Crippen molar-refractivity contribution in [2.24, 2.45) is 0 Å². The molecule has 0 aliphatic rings. The van der Waals surface area contributed by atoms with Crippen LogP contribution < -0.4 is 5.32 Å². The molecule has 0 saturated heterocycles. The molecule has 0 aliphatic carbocycles. The number of rotatable bonds is 5. The van der Waals surface area contributed by atoms with Crippen LogP contribution in [-0.2, 0) is 4.79 Å². The van der Waals surface area contributed by atoms with Gasteiger partial charge in [-0.15, -0.1) is 0 Å². The molecule has 0 unspecified atom stereocenters. The van der Waals surface area contributed by atoms with Gasteiger partial charge < -0.3 is 10.2 Å². The molecular weight excluding hydrogens is 389 g/mol. The zero-order valence-electron chi connectivity index (χ0n) is 16.0. The van der Waals surface area contributed by atoms with Crippen molar-refractivity contribution in [1.82, 2.24) is 4.90 Å². The lowest BCUT2D eigenvalue weighted by Gasteiger charge is -2.18. The average Bonchev–Trinajstić information content (AvgIpc) is 2.56. The SMILES string of the molecule is Cc1cc(C)c(NC(=O)CN(C)C(=O)c2ccc(SC(F)(F)F)cc2)c(C)c1. The van der Waals surface area contributed by atoms with Crippen LogP contribution in [0.15, 0.2) is 41.3 Å². The first kappa shape index (κ1) is 21.8. The highest BCUT2D eigenvalue weighted by atomic mass is 32.2. The van der Waals surface area contributed by atoms with E-state index in [4.69, 9.17) is 0 Å². The molecule has 150 valence electrons. The van der Waals surface area contributed by atoms with Gasteiger partial charge in [-0.3, -0.25) is 9.59 Å². The quantitative estimate of drug-likeness (QED) is 0.711. The molecule has 4 nitrogen and oxygen atoms in total. The number of halogens is 3. The van der Waals surface area contributed by atoms with Crippen molar-refractivity contribution >= 4 is 29.3 Å². The van der Waals surface area contributed by atoms with Crippen LogP contribution >= 0.6 is 11.8 Å². The van der Waals surface area contributed by atoms with E-state index in [1.54, 1.807) is 0 Å². The smallest absolute Gasteiger partial charge is 0.332 e. The van der Waals surface area contributed by atoms with E-state index in [9.17, 15) is 22.8 Å². The fraction of sp³-hybridized carbons (Fsp3) is 0.300. The molecule has 0 aromatic heterocycles. The van der Waals surface area contributed by atoms with E-state index in [-0.39, 0.29) is 34.7 Å². The van der Waals surface area contributed by atoms with Gasteiger partial charge in [-0.25, -0.2) is 0 Å². The van der Waals surface area contributed by atoms with Crippen molar-refractivity contribution in [3.63, 3.8) is 0 Å². The van der Waals surface area contributed by atoms with E-state index in [2.05, 4.69) is 5.32 Å². The zero-order chi connectivity index (χ0) is 21.1. The first-order valence-electron chi connectivity index (χ1n) is 8.45. The Morgan fingerprint density at radius 3 is 2.07 bits per heavy atom. The van der Waals surface area contributed by atoms with Gasteiger partial charge in [0, 0.05) is 23.2 Å². The van der Waals surface area contributed by atoms with E-state index in [0.29, 0.717) is 5.69 Å². The number of nitrogens with zero attached hydrogens (tertiary/aromatic N) is 1. The summed E-state index contributed by atoms with van der Waals surface area (Å²) in [7, 11) is 1.47. The minimum absolute atomic E-state index is 0.00484. The molecule has 2 amide bonds. The fourth-order valence-electron chi connectivity index (χ4n) is 2.86. The monoisotopic (exact) mass is 410 g/mol. The molecule has 28 heavy (non-hydrogen) atoms. The van der Waals surface area contributed by atoms with Crippen LogP contribution in [-0.4, -0.2) is 35.8 Å². The lowest BCUT2D eigenvalue weighted by atomic mass is 10.1. The number of benzene rings is 2. The van der Waals surface area contributed by atoms with Gasteiger partial charge in [-0.05, 0) is 67.9 Å². The third-order valence-electron chi connectivity index (χ3n) is 4.00. The number of aryl methyl sites for hydroxylation is 3. The predicted molar refractivity (Wildman–Crippen MR) is 105 cm³/mol.